The molecule has 1 heterocycles. The second-order valence-electron chi connectivity index (χ2n) is 3.99. The summed E-state index contributed by atoms with van der Waals surface area (Å²) in [6.07, 6.45) is 1.85. The van der Waals surface area contributed by atoms with Gasteiger partial charge in [-0.15, -0.1) is 24.8 Å². The summed E-state index contributed by atoms with van der Waals surface area (Å²) >= 11 is 0. The molecule has 0 amide bonds. The first-order chi connectivity index (χ1) is 8.20. The number of nitrogens with two attached hydrogens (primary N) is 1. The normalized spacial score (nSPS) is 10.9. The summed E-state index contributed by atoms with van der Waals surface area (Å²) in [5.74, 6) is 0.855. The summed E-state index contributed by atoms with van der Waals surface area (Å²) < 4.78 is 5.12. The van der Waals surface area contributed by atoms with Crippen LogP contribution in [0.25, 0.3) is 11.1 Å². The maximum Gasteiger partial charge on any atom is 0.118 e. The molecule has 19 heavy (non-hydrogen) atoms. The third-order valence-corrected chi connectivity index (χ3v) is 2.68. The minimum atomic E-state index is -0.0279. The van der Waals surface area contributed by atoms with Crippen LogP contribution in [0.5, 0.6) is 5.75 Å². The molecular formula is C14H18Cl2N2O. The minimum absolute atomic E-state index is 0. The number of benzene rings is 1. The summed E-state index contributed by atoms with van der Waals surface area (Å²) in [7, 11) is 1.66. The molecule has 1 unspecified atom stereocenters. The average molecular weight is 301 g/mol. The van der Waals surface area contributed by atoms with Gasteiger partial charge in [0, 0.05) is 17.8 Å². The van der Waals surface area contributed by atoms with E-state index < -0.39 is 0 Å². The maximum atomic E-state index is 5.76. The first-order valence-corrected chi connectivity index (χ1v) is 5.56. The molecule has 0 saturated carbocycles. The molecule has 2 aromatic rings. The van der Waals surface area contributed by atoms with E-state index in [4.69, 9.17) is 10.5 Å². The van der Waals surface area contributed by atoms with Crippen LogP contribution in [-0.4, -0.2) is 12.1 Å². The number of hydrogen-bond donors (Lipinski definition) is 1. The highest BCUT2D eigenvalue weighted by Crippen LogP contribution is 2.22. The molecule has 0 fully saturated rings. The van der Waals surface area contributed by atoms with Gasteiger partial charge in [-0.05, 0) is 30.7 Å². The largest absolute Gasteiger partial charge is 0.497 e. The van der Waals surface area contributed by atoms with Crippen molar-refractivity contribution in [3.63, 3.8) is 0 Å². The summed E-state index contributed by atoms with van der Waals surface area (Å²) in [5, 5.41) is 0. The zero-order valence-corrected chi connectivity index (χ0v) is 12.5. The van der Waals surface area contributed by atoms with Crippen molar-refractivity contribution >= 4 is 24.8 Å². The van der Waals surface area contributed by atoms with Crippen molar-refractivity contribution in [3.8, 4) is 16.9 Å². The number of aromatic nitrogens is 1. The predicted molar refractivity (Wildman–Crippen MR) is 83.3 cm³/mol. The van der Waals surface area contributed by atoms with Crippen LogP contribution in [0.15, 0.2) is 42.6 Å². The highest BCUT2D eigenvalue weighted by Gasteiger charge is 2.02. The zero-order chi connectivity index (χ0) is 12.3. The third-order valence-electron chi connectivity index (χ3n) is 2.68. The van der Waals surface area contributed by atoms with E-state index in [1.165, 1.54) is 0 Å². The van der Waals surface area contributed by atoms with E-state index in [-0.39, 0.29) is 30.9 Å². The van der Waals surface area contributed by atoms with E-state index in [1.54, 1.807) is 7.11 Å². The van der Waals surface area contributed by atoms with Crippen LogP contribution in [-0.2, 0) is 0 Å². The standard InChI is InChI=1S/C14H16N2O.2ClH/c1-10(15)14-8-5-12(9-16-14)11-3-6-13(17-2)7-4-11;;/h3-10H,15H2,1-2H3;2*1H. The van der Waals surface area contributed by atoms with Gasteiger partial charge in [0.2, 0.25) is 0 Å². The summed E-state index contributed by atoms with van der Waals surface area (Å²) in [6, 6.07) is 11.9. The van der Waals surface area contributed by atoms with Crippen LogP contribution >= 0.6 is 24.8 Å². The quantitative estimate of drug-likeness (QED) is 0.942. The predicted octanol–water partition coefficient (Wildman–Crippen LogP) is 3.62. The molecule has 0 saturated heterocycles. The van der Waals surface area contributed by atoms with E-state index in [2.05, 4.69) is 4.98 Å². The van der Waals surface area contributed by atoms with E-state index in [9.17, 15) is 0 Å². The fourth-order valence-electron chi connectivity index (χ4n) is 1.63. The highest BCUT2D eigenvalue weighted by atomic mass is 35.5. The van der Waals surface area contributed by atoms with Gasteiger partial charge in [-0.25, -0.2) is 0 Å². The van der Waals surface area contributed by atoms with Gasteiger partial charge in [-0.3, -0.25) is 4.98 Å². The lowest BCUT2D eigenvalue weighted by Crippen LogP contribution is -2.06. The molecule has 0 aliphatic heterocycles. The highest BCUT2D eigenvalue weighted by molar-refractivity contribution is 5.85. The van der Waals surface area contributed by atoms with Gasteiger partial charge in [-0.2, -0.15) is 0 Å². The topological polar surface area (TPSA) is 48.1 Å². The molecule has 2 N–H and O–H groups in total. The zero-order valence-electron chi connectivity index (χ0n) is 10.9. The Labute approximate surface area is 126 Å². The molecule has 0 aliphatic rings. The van der Waals surface area contributed by atoms with Gasteiger partial charge < -0.3 is 10.5 Å². The second kappa shape index (κ2) is 8.00. The molecular weight excluding hydrogens is 283 g/mol. The lowest BCUT2D eigenvalue weighted by Gasteiger charge is -2.06. The van der Waals surface area contributed by atoms with Crippen LogP contribution in [0, 0.1) is 0 Å². The molecule has 5 heteroatoms. The molecule has 2 rings (SSSR count). The molecule has 0 bridgehead atoms. The minimum Gasteiger partial charge on any atom is -0.497 e. The van der Waals surface area contributed by atoms with Crippen molar-refractivity contribution in [2.24, 2.45) is 5.73 Å². The molecule has 1 atom stereocenters. The number of halogens is 2. The molecule has 0 aliphatic carbocycles. The van der Waals surface area contributed by atoms with Gasteiger partial charge in [-0.1, -0.05) is 18.2 Å². The van der Waals surface area contributed by atoms with E-state index in [1.807, 2.05) is 49.5 Å². The van der Waals surface area contributed by atoms with E-state index in [0.717, 1.165) is 22.6 Å². The first kappa shape index (κ1) is 17.7. The SMILES string of the molecule is COc1ccc(-c2ccc(C(C)N)nc2)cc1.Cl.Cl. The number of ether oxygens (including phenoxy) is 1. The van der Waals surface area contributed by atoms with Crippen molar-refractivity contribution < 1.29 is 4.74 Å². The third kappa shape index (κ3) is 4.39. The Bertz CT molecular complexity index is 484. The van der Waals surface area contributed by atoms with Crippen LogP contribution in [0.1, 0.15) is 18.7 Å². The Morgan fingerprint density at radius 2 is 1.58 bits per heavy atom. The summed E-state index contributed by atoms with van der Waals surface area (Å²) in [4.78, 5) is 4.34. The maximum absolute atomic E-state index is 5.76. The fourth-order valence-corrected chi connectivity index (χ4v) is 1.63. The molecule has 0 spiro atoms. The second-order valence-corrected chi connectivity index (χ2v) is 3.99. The van der Waals surface area contributed by atoms with Crippen LogP contribution in [0.2, 0.25) is 0 Å². The Morgan fingerprint density at radius 3 is 2.00 bits per heavy atom. The Hall–Kier alpha value is -1.29. The van der Waals surface area contributed by atoms with Crippen LogP contribution in [0.3, 0.4) is 0 Å². The van der Waals surface area contributed by atoms with Gasteiger partial charge in [0.05, 0.1) is 12.8 Å². The number of nitrogens with zero attached hydrogens (tertiary/aromatic N) is 1. The van der Waals surface area contributed by atoms with E-state index in [0.29, 0.717) is 0 Å². The van der Waals surface area contributed by atoms with Gasteiger partial charge in [0.25, 0.3) is 0 Å². The molecule has 3 nitrogen and oxygen atoms in total. The summed E-state index contributed by atoms with van der Waals surface area (Å²) in [5.41, 5.74) is 8.87. The molecule has 1 aromatic carbocycles. The van der Waals surface area contributed by atoms with Crippen molar-refractivity contribution in [2.45, 2.75) is 13.0 Å². The van der Waals surface area contributed by atoms with Crippen molar-refractivity contribution in [3.05, 3.63) is 48.3 Å². The van der Waals surface area contributed by atoms with Gasteiger partial charge in [0.1, 0.15) is 5.75 Å². The number of methoxy groups -OCH3 is 1. The molecule has 104 valence electrons. The first-order valence-electron chi connectivity index (χ1n) is 5.56. The van der Waals surface area contributed by atoms with Crippen LogP contribution < -0.4 is 10.5 Å². The smallest absolute Gasteiger partial charge is 0.118 e. The van der Waals surface area contributed by atoms with Crippen molar-refractivity contribution in [1.82, 2.24) is 4.98 Å². The Morgan fingerprint density at radius 1 is 1.00 bits per heavy atom. The Kier molecular flexibility index (Phi) is 7.45. The van der Waals surface area contributed by atoms with Gasteiger partial charge >= 0.3 is 0 Å². The summed E-state index contributed by atoms with van der Waals surface area (Å²) in [6.45, 7) is 1.93. The Balaban J connectivity index is 0.00000162. The van der Waals surface area contributed by atoms with Crippen molar-refractivity contribution in [2.75, 3.05) is 7.11 Å². The van der Waals surface area contributed by atoms with Gasteiger partial charge in [0.15, 0.2) is 0 Å². The monoisotopic (exact) mass is 300 g/mol. The lowest BCUT2D eigenvalue weighted by molar-refractivity contribution is 0.415. The van der Waals surface area contributed by atoms with E-state index >= 15 is 0 Å². The number of rotatable bonds is 3. The fraction of sp³-hybridized carbons (Fsp3) is 0.214. The van der Waals surface area contributed by atoms with Crippen LogP contribution in [0.4, 0.5) is 0 Å². The number of hydrogen-bond acceptors (Lipinski definition) is 3. The molecule has 1 aromatic heterocycles. The molecule has 0 radical (unpaired) electrons. The average Bonchev–Trinajstić information content (AvgIpc) is 2.39. The lowest BCUT2D eigenvalue weighted by atomic mass is 10.1. The number of pyridine rings is 1. The van der Waals surface area contributed by atoms with Crippen molar-refractivity contribution in [1.29, 1.82) is 0 Å².